The number of benzene rings is 2. The number of nitrogens with zero attached hydrogens (tertiary/aromatic N) is 2. The molecule has 178 valence electrons. The molecule has 11 heteroatoms. The first-order chi connectivity index (χ1) is 16.8. The molecule has 2 amide bonds. The summed E-state index contributed by atoms with van der Waals surface area (Å²) in [7, 11) is 1.85. The second kappa shape index (κ2) is 10.7. The monoisotopic (exact) mass is 493 g/mol. The molecular formula is C24H22BF2N5O2S. The molecule has 4 rings (SSSR count). The predicted molar refractivity (Wildman–Crippen MR) is 137 cm³/mol. The number of carbonyl (C=O) groups is 2. The van der Waals surface area contributed by atoms with E-state index in [0.717, 1.165) is 35.2 Å². The highest BCUT2D eigenvalue weighted by Gasteiger charge is 2.21. The van der Waals surface area contributed by atoms with Crippen LogP contribution in [0.1, 0.15) is 26.3 Å². The first kappa shape index (κ1) is 24.4. The van der Waals surface area contributed by atoms with Gasteiger partial charge < -0.3 is 15.5 Å². The molecule has 1 aromatic heterocycles. The fourth-order valence-corrected chi connectivity index (χ4v) is 4.45. The standard InChI is InChI=1S/C24H22BF2N5O2S/c25-15-2-6-21(29-13-15)31-24(34)18-12-16(26)3-5-20(18)30-23(33)17-4-1-14(11-19(17)27)22(28)32-7-9-35-10-8-32/h1-6,11-13,28H,7-10,25H2,(H,30,33)(H,29,31,34). The number of hydrogen-bond acceptors (Lipinski definition) is 5. The zero-order valence-corrected chi connectivity index (χ0v) is 19.7. The van der Waals surface area contributed by atoms with Crippen molar-refractivity contribution < 1.29 is 18.4 Å². The molecule has 1 aliphatic rings. The summed E-state index contributed by atoms with van der Waals surface area (Å²) < 4.78 is 28.8. The Bertz CT molecular complexity index is 1280. The molecular weight excluding hydrogens is 471 g/mol. The van der Waals surface area contributed by atoms with Crippen molar-refractivity contribution in [1.82, 2.24) is 9.88 Å². The van der Waals surface area contributed by atoms with Crippen LogP contribution in [0, 0.1) is 17.0 Å². The smallest absolute Gasteiger partial charge is 0.259 e. The van der Waals surface area contributed by atoms with Crippen molar-refractivity contribution in [2.24, 2.45) is 0 Å². The van der Waals surface area contributed by atoms with Crippen molar-refractivity contribution in [2.75, 3.05) is 35.2 Å². The summed E-state index contributed by atoms with van der Waals surface area (Å²) in [6, 6.07) is 10.6. The highest BCUT2D eigenvalue weighted by molar-refractivity contribution is 7.99. The van der Waals surface area contributed by atoms with Crippen molar-refractivity contribution >= 4 is 54.2 Å². The summed E-state index contributed by atoms with van der Waals surface area (Å²) in [5.41, 5.74) is 0.899. The number of carbonyl (C=O) groups excluding carboxylic acids is 2. The third kappa shape index (κ3) is 5.86. The Labute approximate surface area is 206 Å². The van der Waals surface area contributed by atoms with Crippen LogP contribution in [0.3, 0.4) is 0 Å². The number of amidine groups is 1. The molecule has 0 aliphatic carbocycles. The average molecular weight is 493 g/mol. The summed E-state index contributed by atoms with van der Waals surface area (Å²) in [6.45, 7) is 1.42. The summed E-state index contributed by atoms with van der Waals surface area (Å²) in [5.74, 6) is -0.679. The Morgan fingerprint density at radius 2 is 1.71 bits per heavy atom. The van der Waals surface area contributed by atoms with E-state index in [1.807, 2.05) is 12.7 Å². The van der Waals surface area contributed by atoms with Gasteiger partial charge in [0.1, 0.15) is 31.1 Å². The number of thioether (sulfide) groups is 1. The summed E-state index contributed by atoms with van der Waals surface area (Å²) in [6.07, 6.45) is 1.57. The van der Waals surface area contributed by atoms with Gasteiger partial charge in [0, 0.05) is 36.4 Å². The number of amides is 2. The highest BCUT2D eigenvalue weighted by Crippen LogP contribution is 2.21. The Kier molecular flexibility index (Phi) is 7.45. The van der Waals surface area contributed by atoms with Crippen LogP contribution in [0.2, 0.25) is 0 Å². The molecule has 35 heavy (non-hydrogen) atoms. The lowest BCUT2D eigenvalue weighted by Gasteiger charge is -2.28. The van der Waals surface area contributed by atoms with E-state index in [2.05, 4.69) is 15.6 Å². The van der Waals surface area contributed by atoms with Crippen molar-refractivity contribution in [3.05, 3.63) is 83.1 Å². The molecule has 0 bridgehead atoms. The fourth-order valence-electron chi connectivity index (χ4n) is 3.54. The summed E-state index contributed by atoms with van der Waals surface area (Å²) >= 11 is 1.81. The first-order valence-electron chi connectivity index (χ1n) is 10.9. The molecule has 0 unspecified atom stereocenters. The van der Waals surface area contributed by atoms with Gasteiger partial charge in [0.2, 0.25) is 0 Å². The van der Waals surface area contributed by atoms with Gasteiger partial charge in [0.05, 0.1) is 16.8 Å². The lowest BCUT2D eigenvalue weighted by molar-refractivity contribution is 0.102. The summed E-state index contributed by atoms with van der Waals surface area (Å²) in [4.78, 5) is 31.5. The van der Waals surface area contributed by atoms with Crippen LogP contribution in [-0.2, 0) is 0 Å². The van der Waals surface area contributed by atoms with Gasteiger partial charge in [-0.2, -0.15) is 11.8 Å². The molecule has 0 spiro atoms. The molecule has 1 fully saturated rings. The molecule has 1 aliphatic heterocycles. The van der Waals surface area contributed by atoms with E-state index < -0.39 is 23.4 Å². The van der Waals surface area contributed by atoms with Crippen molar-refractivity contribution in [3.63, 3.8) is 0 Å². The highest BCUT2D eigenvalue weighted by atomic mass is 32.2. The summed E-state index contributed by atoms with van der Waals surface area (Å²) in [5, 5.41) is 13.4. The van der Waals surface area contributed by atoms with Gasteiger partial charge in [-0.25, -0.2) is 13.8 Å². The Morgan fingerprint density at radius 1 is 0.971 bits per heavy atom. The van der Waals surface area contributed by atoms with Gasteiger partial charge >= 0.3 is 0 Å². The second-order valence-corrected chi connectivity index (χ2v) is 9.19. The molecule has 3 N–H and O–H groups in total. The maximum absolute atomic E-state index is 14.8. The Hall–Kier alpha value is -3.73. The van der Waals surface area contributed by atoms with E-state index in [0.29, 0.717) is 18.7 Å². The third-order valence-electron chi connectivity index (χ3n) is 5.44. The van der Waals surface area contributed by atoms with Crippen molar-refractivity contribution in [1.29, 1.82) is 5.41 Å². The number of rotatable bonds is 5. The molecule has 2 heterocycles. The first-order valence-corrected chi connectivity index (χ1v) is 12.0. The predicted octanol–water partition coefficient (Wildman–Crippen LogP) is 2.50. The Balaban J connectivity index is 1.52. The van der Waals surface area contributed by atoms with E-state index in [1.54, 1.807) is 30.1 Å². The van der Waals surface area contributed by atoms with E-state index in [4.69, 9.17) is 5.41 Å². The van der Waals surface area contributed by atoms with Crippen LogP contribution in [-0.4, -0.2) is 60.0 Å². The molecule has 0 radical (unpaired) electrons. The molecule has 3 aromatic rings. The topological polar surface area (TPSA) is 98.2 Å². The number of pyridine rings is 1. The lowest BCUT2D eigenvalue weighted by atomic mass is 9.99. The quantitative estimate of drug-likeness (QED) is 0.288. The van der Waals surface area contributed by atoms with Gasteiger partial charge in [-0.1, -0.05) is 17.6 Å². The minimum atomic E-state index is -0.802. The van der Waals surface area contributed by atoms with Crippen LogP contribution >= 0.6 is 11.8 Å². The van der Waals surface area contributed by atoms with Crippen molar-refractivity contribution in [3.8, 4) is 0 Å². The number of anilines is 2. The van der Waals surface area contributed by atoms with Crippen LogP contribution in [0.25, 0.3) is 0 Å². The molecule has 0 atom stereocenters. The zero-order chi connectivity index (χ0) is 24.9. The molecule has 1 saturated heterocycles. The number of aromatic nitrogens is 1. The zero-order valence-electron chi connectivity index (χ0n) is 18.9. The molecule has 0 saturated carbocycles. The van der Waals surface area contributed by atoms with Gasteiger partial charge in [0.15, 0.2) is 0 Å². The van der Waals surface area contributed by atoms with Crippen molar-refractivity contribution in [2.45, 2.75) is 0 Å². The number of hydrogen-bond donors (Lipinski definition) is 3. The third-order valence-corrected chi connectivity index (χ3v) is 6.38. The maximum Gasteiger partial charge on any atom is 0.259 e. The SMILES string of the molecule is Bc1ccc(NC(=O)c2cc(F)ccc2NC(=O)c2ccc(C(=N)N3CCSCC3)cc2F)nc1. The fraction of sp³-hybridized carbons (Fsp3) is 0.167. The minimum Gasteiger partial charge on any atom is -0.355 e. The van der Waals surface area contributed by atoms with Crippen LogP contribution in [0.5, 0.6) is 0 Å². The van der Waals surface area contributed by atoms with E-state index in [-0.39, 0.29) is 28.5 Å². The molecule has 7 nitrogen and oxygen atoms in total. The van der Waals surface area contributed by atoms with Gasteiger partial charge in [0.25, 0.3) is 11.8 Å². The normalized spacial score (nSPS) is 13.3. The van der Waals surface area contributed by atoms with Gasteiger partial charge in [-0.3, -0.25) is 15.0 Å². The van der Waals surface area contributed by atoms with E-state index >= 15 is 0 Å². The average Bonchev–Trinajstić information content (AvgIpc) is 2.86. The Morgan fingerprint density at radius 3 is 2.40 bits per heavy atom. The largest absolute Gasteiger partial charge is 0.355 e. The van der Waals surface area contributed by atoms with E-state index in [1.165, 1.54) is 18.2 Å². The molecule has 2 aromatic carbocycles. The van der Waals surface area contributed by atoms with Gasteiger partial charge in [-0.15, -0.1) is 0 Å². The maximum atomic E-state index is 14.8. The minimum absolute atomic E-state index is 0.0167. The van der Waals surface area contributed by atoms with Crippen LogP contribution < -0.4 is 16.1 Å². The van der Waals surface area contributed by atoms with E-state index in [9.17, 15) is 18.4 Å². The lowest BCUT2D eigenvalue weighted by Crippen LogP contribution is -2.38. The number of halogens is 2. The van der Waals surface area contributed by atoms with Crippen LogP contribution in [0.4, 0.5) is 20.3 Å². The van der Waals surface area contributed by atoms with Crippen LogP contribution in [0.15, 0.2) is 54.7 Å². The second-order valence-electron chi connectivity index (χ2n) is 7.96. The van der Waals surface area contributed by atoms with Gasteiger partial charge in [-0.05, 0) is 36.4 Å². The number of nitrogens with one attached hydrogen (secondary N) is 3.